The summed E-state index contributed by atoms with van der Waals surface area (Å²) in [5, 5.41) is 9.01. The van der Waals surface area contributed by atoms with Crippen molar-refractivity contribution in [1.29, 1.82) is 0 Å². The Morgan fingerprint density at radius 3 is 2.43 bits per heavy atom. The predicted molar refractivity (Wildman–Crippen MR) is 109 cm³/mol. The van der Waals surface area contributed by atoms with Gasteiger partial charge in [0.1, 0.15) is 11.7 Å². The number of benzene rings is 3. The van der Waals surface area contributed by atoms with Gasteiger partial charge in [-0.15, -0.1) is 0 Å². The standard InChI is InChI=1S/C22H18N4O2/c23-20(24-13-14-4-2-1-3-5-14)17-10-11-18-19(12-17)26-21(25-18)15-6-8-16(9-7-15)22(27)28/h1-12H,13H2,(H2,23,24)(H,25,26)(H,27,28). The number of carboxylic acids is 1. The fourth-order valence-corrected chi connectivity index (χ4v) is 2.93. The third-order valence-corrected chi connectivity index (χ3v) is 4.46. The normalized spacial score (nSPS) is 11.6. The van der Waals surface area contributed by atoms with E-state index in [0.717, 1.165) is 27.7 Å². The quantitative estimate of drug-likeness (QED) is 0.367. The lowest BCUT2D eigenvalue weighted by molar-refractivity contribution is 0.0697. The summed E-state index contributed by atoms with van der Waals surface area (Å²) in [6.07, 6.45) is 0. The van der Waals surface area contributed by atoms with E-state index in [1.54, 1.807) is 24.3 Å². The number of rotatable bonds is 5. The molecule has 4 N–H and O–H groups in total. The van der Waals surface area contributed by atoms with E-state index in [1.807, 2.05) is 48.5 Å². The number of hydrogen-bond acceptors (Lipinski definition) is 3. The van der Waals surface area contributed by atoms with E-state index in [-0.39, 0.29) is 5.56 Å². The number of nitrogens with one attached hydrogen (secondary N) is 1. The SMILES string of the molecule is NC(=NCc1ccccc1)c1ccc2nc(-c3ccc(C(=O)O)cc3)[nH]c2c1. The van der Waals surface area contributed by atoms with E-state index >= 15 is 0 Å². The number of carbonyl (C=O) groups is 1. The van der Waals surface area contributed by atoms with Gasteiger partial charge in [0.05, 0.1) is 23.1 Å². The summed E-state index contributed by atoms with van der Waals surface area (Å²) in [6, 6.07) is 22.2. The number of H-pyrrole nitrogens is 1. The van der Waals surface area contributed by atoms with Crippen LogP contribution in [0.1, 0.15) is 21.5 Å². The van der Waals surface area contributed by atoms with E-state index in [9.17, 15) is 4.79 Å². The Morgan fingerprint density at radius 2 is 1.71 bits per heavy atom. The summed E-state index contributed by atoms with van der Waals surface area (Å²) in [7, 11) is 0. The van der Waals surface area contributed by atoms with Crippen molar-refractivity contribution >= 4 is 22.8 Å². The van der Waals surface area contributed by atoms with Crippen molar-refractivity contribution in [3.63, 3.8) is 0 Å². The van der Waals surface area contributed by atoms with E-state index in [2.05, 4.69) is 15.0 Å². The number of aliphatic imine (C=N–C) groups is 1. The first-order valence-corrected chi connectivity index (χ1v) is 8.78. The number of nitrogens with two attached hydrogens (primary N) is 1. The number of aromatic nitrogens is 2. The second-order valence-corrected chi connectivity index (χ2v) is 6.39. The molecule has 0 aliphatic rings. The van der Waals surface area contributed by atoms with Crippen LogP contribution >= 0.6 is 0 Å². The summed E-state index contributed by atoms with van der Waals surface area (Å²) >= 11 is 0. The molecule has 3 aromatic carbocycles. The molecule has 1 heterocycles. The van der Waals surface area contributed by atoms with Crippen molar-refractivity contribution in [2.45, 2.75) is 6.54 Å². The predicted octanol–water partition coefficient (Wildman–Crippen LogP) is 3.83. The molecule has 0 bridgehead atoms. The molecule has 1 aromatic heterocycles. The van der Waals surface area contributed by atoms with Crippen LogP contribution in [-0.2, 0) is 6.54 Å². The molecule has 0 atom stereocenters. The van der Waals surface area contributed by atoms with E-state index in [1.165, 1.54) is 0 Å². The van der Waals surface area contributed by atoms with Crippen LogP contribution in [0.4, 0.5) is 0 Å². The van der Waals surface area contributed by atoms with Crippen molar-refractivity contribution in [3.8, 4) is 11.4 Å². The van der Waals surface area contributed by atoms with Crippen molar-refractivity contribution in [2.75, 3.05) is 0 Å². The average molecular weight is 370 g/mol. The highest BCUT2D eigenvalue weighted by atomic mass is 16.4. The zero-order chi connectivity index (χ0) is 19.5. The van der Waals surface area contributed by atoms with Crippen LogP contribution < -0.4 is 5.73 Å². The van der Waals surface area contributed by atoms with Gasteiger partial charge in [-0.05, 0) is 35.9 Å². The zero-order valence-electron chi connectivity index (χ0n) is 15.0. The molecule has 0 saturated heterocycles. The molecule has 0 aliphatic carbocycles. The fraction of sp³-hybridized carbons (Fsp3) is 0.0455. The molecule has 0 saturated carbocycles. The molecule has 4 rings (SSSR count). The van der Waals surface area contributed by atoms with Crippen molar-refractivity contribution in [3.05, 3.63) is 89.5 Å². The number of carboxylic acid groups (broad SMARTS) is 1. The lowest BCUT2D eigenvalue weighted by Gasteiger charge is -2.02. The number of imidazole rings is 1. The van der Waals surface area contributed by atoms with Crippen LogP contribution in [0, 0.1) is 0 Å². The maximum atomic E-state index is 11.0. The van der Waals surface area contributed by atoms with E-state index in [4.69, 9.17) is 10.8 Å². The maximum absolute atomic E-state index is 11.0. The number of aromatic amines is 1. The van der Waals surface area contributed by atoms with Crippen molar-refractivity contribution < 1.29 is 9.90 Å². The Hall–Kier alpha value is -3.93. The van der Waals surface area contributed by atoms with Gasteiger partial charge in [0.15, 0.2) is 0 Å². The number of amidine groups is 1. The van der Waals surface area contributed by atoms with Gasteiger partial charge in [-0.1, -0.05) is 42.5 Å². The third kappa shape index (κ3) is 3.61. The highest BCUT2D eigenvalue weighted by molar-refractivity contribution is 6.00. The van der Waals surface area contributed by atoms with Gasteiger partial charge in [-0.2, -0.15) is 0 Å². The Bertz CT molecular complexity index is 1160. The fourth-order valence-electron chi connectivity index (χ4n) is 2.93. The largest absolute Gasteiger partial charge is 0.478 e. The van der Waals surface area contributed by atoms with Crippen LogP contribution in [0.3, 0.4) is 0 Å². The van der Waals surface area contributed by atoms with Crippen LogP contribution in [0.5, 0.6) is 0 Å². The smallest absolute Gasteiger partial charge is 0.335 e. The molecule has 6 heteroatoms. The molecule has 0 amide bonds. The summed E-state index contributed by atoms with van der Waals surface area (Å²) in [6.45, 7) is 0.523. The van der Waals surface area contributed by atoms with Crippen LogP contribution in [0.15, 0.2) is 77.8 Å². The molecular formula is C22H18N4O2. The van der Waals surface area contributed by atoms with Gasteiger partial charge in [0.2, 0.25) is 0 Å². The molecule has 138 valence electrons. The molecule has 4 aromatic rings. The molecular weight excluding hydrogens is 352 g/mol. The Morgan fingerprint density at radius 1 is 1.00 bits per heavy atom. The summed E-state index contributed by atoms with van der Waals surface area (Å²) in [5.41, 5.74) is 10.8. The zero-order valence-corrected chi connectivity index (χ0v) is 15.0. The lowest BCUT2D eigenvalue weighted by atomic mass is 10.1. The number of nitrogens with zero attached hydrogens (tertiary/aromatic N) is 2. The molecule has 6 nitrogen and oxygen atoms in total. The van der Waals surface area contributed by atoms with Gasteiger partial charge in [-0.25, -0.2) is 9.78 Å². The highest BCUT2D eigenvalue weighted by Crippen LogP contribution is 2.22. The number of aromatic carboxylic acids is 1. The number of hydrogen-bond donors (Lipinski definition) is 3. The molecule has 0 radical (unpaired) electrons. The van der Waals surface area contributed by atoms with Gasteiger partial charge < -0.3 is 15.8 Å². The van der Waals surface area contributed by atoms with Crippen molar-refractivity contribution in [2.24, 2.45) is 10.7 Å². The molecule has 0 fully saturated rings. The molecule has 0 aliphatic heterocycles. The van der Waals surface area contributed by atoms with Crippen molar-refractivity contribution in [1.82, 2.24) is 9.97 Å². The second-order valence-electron chi connectivity index (χ2n) is 6.39. The molecule has 28 heavy (non-hydrogen) atoms. The Kier molecular flexibility index (Phi) is 4.60. The number of fused-ring (bicyclic) bond motifs is 1. The van der Waals surface area contributed by atoms with E-state index < -0.39 is 5.97 Å². The highest BCUT2D eigenvalue weighted by Gasteiger charge is 2.09. The minimum absolute atomic E-state index is 0.240. The van der Waals surface area contributed by atoms with Gasteiger partial charge in [0, 0.05) is 11.1 Å². The van der Waals surface area contributed by atoms with Gasteiger partial charge >= 0.3 is 5.97 Å². The minimum atomic E-state index is -0.953. The van der Waals surface area contributed by atoms with Crippen LogP contribution in [0.25, 0.3) is 22.4 Å². The first-order chi connectivity index (χ1) is 13.6. The van der Waals surface area contributed by atoms with E-state index in [0.29, 0.717) is 18.2 Å². The lowest BCUT2D eigenvalue weighted by Crippen LogP contribution is -2.13. The first kappa shape index (κ1) is 17.5. The summed E-state index contributed by atoms with van der Waals surface area (Å²) < 4.78 is 0. The summed E-state index contributed by atoms with van der Waals surface area (Å²) in [4.78, 5) is 23.3. The Balaban J connectivity index is 1.60. The topological polar surface area (TPSA) is 104 Å². The minimum Gasteiger partial charge on any atom is -0.478 e. The van der Waals surface area contributed by atoms with Gasteiger partial charge in [-0.3, -0.25) is 4.99 Å². The average Bonchev–Trinajstić information content (AvgIpc) is 3.16. The molecule has 0 unspecified atom stereocenters. The first-order valence-electron chi connectivity index (χ1n) is 8.78. The van der Waals surface area contributed by atoms with Crippen LogP contribution in [0.2, 0.25) is 0 Å². The van der Waals surface area contributed by atoms with Crippen LogP contribution in [-0.4, -0.2) is 26.9 Å². The second kappa shape index (κ2) is 7.36. The maximum Gasteiger partial charge on any atom is 0.335 e. The summed E-state index contributed by atoms with van der Waals surface area (Å²) in [5.74, 6) is 0.183. The Labute approximate surface area is 161 Å². The molecule has 0 spiro atoms. The third-order valence-electron chi connectivity index (χ3n) is 4.46. The monoisotopic (exact) mass is 370 g/mol. The van der Waals surface area contributed by atoms with Gasteiger partial charge in [0.25, 0.3) is 0 Å².